The van der Waals surface area contributed by atoms with Gasteiger partial charge >= 0.3 is 11.9 Å². The Morgan fingerprint density at radius 2 is 2.32 bits per heavy atom. The molecule has 1 N–H and O–H groups in total. The first-order valence-electron chi connectivity index (χ1n) is 5.36. The molecule has 0 radical (unpaired) electrons. The predicted molar refractivity (Wildman–Crippen MR) is 65.0 cm³/mol. The molecular weight excluding hydrogens is 277 g/mol. The fraction of sp³-hybridized carbons (Fsp3) is 0.167. The maximum atomic E-state index is 13.3. The molecule has 1 aromatic carbocycles. The van der Waals surface area contributed by atoms with Gasteiger partial charge in [0.05, 0.1) is 17.2 Å². The summed E-state index contributed by atoms with van der Waals surface area (Å²) in [5, 5.41) is 8.78. The molecule has 7 heteroatoms. The molecule has 0 bridgehead atoms. The van der Waals surface area contributed by atoms with Gasteiger partial charge in [-0.2, -0.15) is 4.98 Å². The topological polar surface area (TPSA) is 72.6 Å². The normalized spacial score (nSPS) is 10.5. The Morgan fingerprint density at radius 3 is 2.95 bits per heavy atom. The van der Waals surface area contributed by atoms with Crippen LogP contribution in [-0.4, -0.2) is 22.7 Å². The molecule has 2 aromatic rings. The van der Waals surface area contributed by atoms with Crippen LogP contribution in [0.2, 0.25) is 5.02 Å². The lowest BCUT2D eigenvalue weighted by molar-refractivity contribution is 0.0683. The smallest absolute Gasteiger partial charge is 0.362 e. The lowest BCUT2D eigenvalue weighted by Gasteiger charge is -2.00. The van der Waals surface area contributed by atoms with Crippen LogP contribution in [0.3, 0.4) is 0 Å². The summed E-state index contributed by atoms with van der Waals surface area (Å²) in [6, 6.07) is 4.07. The molecule has 0 atom stereocenters. The third-order valence-electron chi connectivity index (χ3n) is 2.26. The molecule has 19 heavy (non-hydrogen) atoms. The van der Waals surface area contributed by atoms with Gasteiger partial charge in [0.15, 0.2) is 0 Å². The van der Waals surface area contributed by atoms with E-state index in [0.29, 0.717) is 0 Å². The number of carbonyl (C=O) groups is 1. The summed E-state index contributed by atoms with van der Waals surface area (Å²) in [6.07, 6.45) is 0. The van der Waals surface area contributed by atoms with Gasteiger partial charge in [-0.15, -0.1) is 0 Å². The number of carboxylic acids is 1. The number of oxazole rings is 1. The monoisotopic (exact) mass is 285 g/mol. The van der Waals surface area contributed by atoms with Crippen molar-refractivity contribution in [3.05, 3.63) is 34.7 Å². The van der Waals surface area contributed by atoms with E-state index in [-0.39, 0.29) is 34.7 Å². The summed E-state index contributed by atoms with van der Waals surface area (Å²) >= 11 is 5.78. The van der Waals surface area contributed by atoms with E-state index < -0.39 is 11.8 Å². The highest BCUT2D eigenvalue weighted by atomic mass is 35.5. The van der Waals surface area contributed by atoms with Gasteiger partial charge in [0.1, 0.15) is 5.82 Å². The number of ether oxygens (including phenoxy) is 1. The zero-order valence-corrected chi connectivity index (χ0v) is 10.6. The van der Waals surface area contributed by atoms with Gasteiger partial charge in [-0.25, -0.2) is 9.18 Å². The van der Waals surface area contributed by atoms with E-state index in [9.17, 15) is 9.18 Å². The first-order chi connectivity index (χ1) is 9.04. The molecule has 0 aliphatic rings. The number of hydrogen-bond acceptors (Lipinski definition) is 4. The Kier molecular flexibility index (Phi) is 3.71. The van der Waals surface area contributed by atoms with Crippen molar-refractivity contribution in [3.8, 4) is 17.4 Å². The second-order valence-corrected chi connectivity index (χ2v) is 3.87. The average molecular weight is 286 g/mol. The van der Waals surface area contributed by atoms with Gasteiger partial charge in [-0.1, -0.05) is 17.7 Å². The van der Waals surface area contributed by atoms with Crippen LogP contribution >= 0.6 is 11.6 Å². The number of rotatable bonds is 4. The van der Waals surface area contributed by atoms with Crippen LogP contribution in [-0.2, 0) is 0 Å². The number of nitrogens with zero attached hydrogens (tertiary/aromatic N) is 1. The lowest BCUT2D eigenvalue weighted by Crippen LogP contribution is -2.01. The second-order valence-electron chi connectivity index (χ2n) is 3.49. The minimum Gasteiger partial charge on any atom is -0.476 e. The van der Waals surface area contributed by atoms with Gasteiger partial charge in [-0.3, -0.25) is 0 Å². The van der Waals surface area contributed by atoms with Crippen LogP contribution in [0.4, 0.5) is 4.39 Å². The summed E-state index contributed by atoms with van der Waals surface area (Å²) in [5.41, 5.74) is -0.215. The van der Waals surface area contributed by atoms with Crippen molar-refractivity contribution in [3.63, 3.8) is 0 Å². The van der Waals surface area contributed by atoms with Crippen LogP contribution in [0, 0.1) is 5.82 Å². The number of aromatic nitrogens is 1. The molecule has 1 aromatic heterocycles. The van der Waals surface area contributed by atoms with Gasteiger partial charge in [0, 0.05) is 0 Å². The van der Waals surface area contributed by atoms with Crippen LogP contribution in [0.5, 0.6) is 5.95 Å². The fourth-order valence-corrected chi connectivity index (χ4v) is 1.66. The molecule has 0 fully saturated rings. The van der Waals surface area contributed by atoms with Gasteiger partial charge in [0.25, 0.3) is 0 Å². The maximum absolute atomic E-state index is 13.3. The van der Waals surface area contributed by atoms with E-state index in [1.807, 2.05) is 0 Å². The maximum Gasteiger partial charge on any atom is 0.362 e. The Hall–Kier alpha value is -2.08. The number of halogens is 2. The predicted octanol–water partition coefficient (Wildman–Crippen LogP) is 3.23. The molecule has 100 valence electrons. The van der Waals surface area contributed by atoms with Crippen molar-refractivity contribution in [2.24, 2.45) is 0 Å². The van der Waals surface area contributed by atoms with Gasteiger partial charge in [-0.05, 0) is 19.1 Å². The van der Waals surface area contributed by atoms with E-state index in [2.05, 4.69) is 4.98 Å². The quantitative estimate of drug-likeness (QED) is 0.933. The second kappa shape index (κ2) is 5.27. The lowest BCUT2D eigenvalue weighted by atomic mass is 10.2. The highest BCUT2D eigenvalue weighted by Gasteiger charge is 2.23. The minimum absolute atomic E-state index is 0.106. The molecule has 0 unspecified atom stereocenters. The molecule has 1 heterocycles. The molecule has 2 rings (SSSR count). The van der Waals surface area contributed by atoms with Gasteiger partial charge in [0.2, 0.25) is 11.6 Å². The number of carboxylic acid groups (broad SMARTS) is 1. The van der Waals surface area contributed by atoms with Crippen molar-refractivity contribution in [2.75, 3.05) is 6.61 Å². The summed E-state index contributed by atoms with van der Waals surface area (Å²) in [5.74, 6) is -2.28. The Bertz CT molecular complexity index is 626. The van der Waals surface area contributed by atoms with E-state index in [1.54, 1.807) is 6.92 Å². The van der Waals surface area contributed by atoms with Crippen molar-refractivity contribution in [1.29, 1.82) is 0 Å². The molecule has 0 saturated carbocycles. The third kappa shape index (κ3) is 2.53. The molecule has 0 amide bonds. The molecule has 0 spiro atoms. The fourth-order valence-electron chi connectivity index (χ4n) is 1.45. The van der Waals surface area contributed by atoms with E-state index in [1.165, 1.54) is 18.2 Å². The van der Waals surface area contributed by atoms with Crippen LogP contribution in [0.25, 0.3) is 11.5 Å². The van der Waals surface area contributed by atoms with Crippen molar-refractivity contribution in [2.45, 2.75) is 6.92 Å². The largest absolute Gasteiger partial charge is 0.476 e. The van der Waals surface area contributed by atoms with Crippen LogP contribution < -0.4 is 4.74 Å². The van der Waals surface area contributed by atoms with Gasteiger partial charge < -0.3 is 14.3 Å². The van der Waals surface area contributed by atoms with Crippen molar-refractivity contribution in [1.82, 2.24) is 4.98 Å². The van der Waals surface area contributed by atoms with Crippen LogP contribution in [0.1, 0.15) is 17.4 Å². The molecular formula is C12H9ClFNO4. The highest BCUT2D eigenvalue weighted by molar-refractivity contribution is 6.33. The summed E-state index contributed by atoms with van der Waals surface area (Å²) in [4.78, 5) is 14.7. The zero-order chi connectivity index (χ0) is 14.0. The number of benzene rings is 1. The summed E-state index contributed by atoms with van der Waals surface area (Å²) in [6.45, 7) is 1.88. The molecule has 0 aliphatic heterocycles. The first-order valence-corrected chi connectivity index (χ1v) is 5.73. The molecule has 0 aliphatic carbocycles. The van der Waals surface area contributed by atoms with Crippen molar-refractivity contribution < 1.29 is 23.4 Å². The van der Waals surface area contributed by atoms with E-state index in [0.717, 1.165) is 0 Å². The van der Waals surface area contributed by atoms with Crippen LogP contribution in [0.15, 0.2) is 22.6 Å². The summed E-state index contributed by atoms with van der Waals surface area (Å²) < 4.78 is 23.5. The van der Waals surface area contributed by atoms with Crippen molar-refractivity contribution >= 4 is 17.6 Å². The zero-order valence-electron chi connectivity index (χ0n) is 9.81. The van der Waals surface area contributed by atoms with E-state index in [4.69, 9.17) is 25.9 Å². The minimum atomic E-state index is -1.30. The SMILES string of the molecule is CCOc1oc(-c2cccc(F)c2Cl)nc1C(=O)O. The number of hydrogen-bond donors (Lipinski definition) is 1. The Balaban J connectivity index is 2.54. The molecule has 0 saturated heterocycles. The standard InChI is InChI=1S/C12H9ClFNO4/c1-2-18-12-9(11(16)17)15-10(19-12)6-4-3-5-7(14)8(6)13/h3-5H,2H2,1H3,(H,16,17). The first kappa shape index (κ1) is 13.4. The third-order valence-corrected chi connectivity index (χ3v) is 2.64. The molecule has 5 nitrogen and oxygen atoms in total. The highest BCUT2D eigenvalue weighted by Crippen LogP contribution is 2.33. The number of aromatic carboxylic acids is 1. The Morgan fingerprint density at radius 1 is 1.58 bits per heavy atom. The Labute approximate surface area is 112 Å². The average Bonchev–Trinajstić information content (AvgIpc) is 2.77. The summed E-state index contributed by atoms with van der Waals surface area (Å²) in [7, 11) is 0. The van der Waals surface area contributed by atoms with E-state index >= 15 is 0 Å².